The van der Waals surface area contributed by atoms with Gasteiger partial charge in [-0.3, -0.25) is 14.6 Å². The zero-order chi connectivity index (χ0) is 22.6. The first-order valence-electron chi connectivity index (χ1n) is 11.6. The van der Waals surface area contributed by atoms with Gasteiger partial charge in [0.1, 0.15) is 6.54 Å². The van der Waals surface area contributed by atoms with Crippen molar-refractivity contribution in [3.8, 4) is 0 Å². The molecule has 1 aromatic heterocycles. The Morgan fingerprint density at radius 3 is 2.44 bits per heavy atom. The summed E-state index contributed by atoms with van der Waals surface area (Å²) < 4.78 is 4.93. The van der Waals surface area contributed by atoms with E-state index in [0.29, 0.717) is 26.2 Å². The van der Waals surface area contributed by atoms with Crippen LogP contribution < -0.4 is 4.90 Å². The number of piperazine rings is 1. The number of nitrogens with zero attached hydrogens (tertiary/aromatic N) is 5. The Morgan fingerprint density at radius 2 is 1.75 bits per heavy atom. The van der Waals surface area contributed by atoms with Crippen molar-refractivity contribution >= 4 is 23.6 Å². The number of rotatable bonds is 5. The molecule has 0 unspecified atom stereocenters. The first-order valence-corrected chi connectivity index (χ1v) is 11.6. The summed E-state index contributed by atoms with van der Waals surface area (Å²) in [5.74, 6) is -0.399. The van der Waals surface area contributed by atoms with Gasteiger partial charge in [-0.25, -0.2) is 4.79 Å². The number of esters is 1. The first-order chi connectivity index (χ1) is 15.5. The fourth-order valence-corrected chi connectivity index (χ4v) is 5.07. The number of anilines is 1. The maximum atomic E-state index is 13.1. The molecular formula is C23H33N5O4. The van der Waals surface area contributed by atoms with Gasteiger partial charge in [0.05, 0.1) is 13.0 Å². The fraction of sp³-hybridized carbons (Fsp3) is 0.652. The number of carbonyl (C=O) groups is 3. The molecule has 0 radical (unpaired) electrons. The number of hydrogen-bond acceptors (Lipinski definition) is 6. The van der Waals surface area contributed by atoms with Crippen LogP contribution in [0.5, 0.6) is 0 Å². The van der Waals surface area contributed by atoms with E-state index >= 15 is 0 Å². The van der Waals surface area contributed by atoms with Gasteiger partial charge in [-0.15, -0.1) is 0 Å². The Bertz CT molecular complexity index is 825. The quantitative estimate of drug-likeness (QED) is 0.643. The number of ether oxygens (including phenoxy) is 1. The van der Waals surface area contributed by atoms with Crippen LogP contribution in [0.1, 0.15) is 32.6 Å². The molecule has 0 saturated carbocycles. The van der Waals surface area contributed by atoms with Gasteiger partial charge < -0.3 is 24.3 Å². The molecule has 3 aliphatic heterocycles. The van der Waals surface area contributed by atoms with Gasteiger partial charge in [0.2, 0.25) is 5.91 Å². The predicted octanol–water partition coefficient (Wildman–Crippen LogP) is 1.59. The lowest BCUT2D eigenvalue weighted by Gasteiger charge is -2.41. The maximum Gasteiger partial charge on any atom is 0.320 e. The minimum atomic E-state index is -0.295. The number of carbonyl (C=O) groups excluding carboxylic acids is 3. The van der Waals surface area contributed by atoms with Crippen LogP contribution in [-0.4, -0.2) is 96.6 Å². The summed E-state index contributed by atoms with van der Waals surface area (Å²) in [6, 6.07) is 4.06. The highest BCUT2D eigenvalue weighted by atomic mass is 16.5. The highest BCUT2D eigenvalue weighted by Gasteiger charge is 2.43. The highest BCUT2D eigenvalue weighted by molar-refractivity contribution is 5.85. The summed E-state index contributed by atoms with van der Waals surface area (Å²) in [5, 5.41) is 0. The van der Waals surface area contributed by atoms with Crippen LogP contribution in [-0.2, 0) is 14.3 Å². The largest absolute Gasteiger partial charge is 0.466 e. The van der Waals surface area contributed by atoms with Crippen molar-refractivity contribution in [2.24, 2.45) is 5.41 Å². The number of hydrogen-bond donors (Lipinski definition) is 0. The maximum absolute atomic E-state index is 13.1. The van der Waals surface area contributed by atoms with E-state index in [-0.39, 0.29) is 36.3 Å². The summed E-state index contributed by atoms with van der Waals surface area (Å²) in [4.78, 5) is 48.9. The Balaban J connectivity index is 1.25. The Labute approximate surface area is 189 Å². The van der Waals surface area contributed by atoms with Gasteiger partial charge in [-0.05, 0) is 43.7 Å². The summed E-state index contributed by atoms with van der Waals surface area (Å²) in [7, 11) is 0. The fourth-order valence-electron chi connectivity index (χ4n) is 5.07. The second-order valence-electron chi connectivity index (χ2n) is 9.00. The van der Waals surface area contributed by atoms with Crippen molar-refractivity contribution in [1.29, 1.82) is 0 Å². The second kappa shape index (κ2) is 9.75. The average molecular weight is 444 g/mol. The van der Waals surface area contributed by atoms with E-state index < -0.39 is 0 Å². The van der Waals surface area contributed by atoms with E-state index in [9.17, 15) is 14.4 Å². The van der Waals surface area contributed by atoms with Crippen molar-refractivity contribution in [2.45, 2.75) is 32.6 Å². The van der Waals surface area contributed by atoms with E-state index in [0.717, 1.165) is 45.4 Å². The molecule has 3 amide bonds. The first kappa shape index (κ1) is 22.4. The molecule has 4 heterocycles. The van der Waals surface area contributed by atoms with E-state index in [4.69, 9.17) is 4.74 Å². The summed E-state index contributed by atoms with van der Waals surface area (Å²) in [6.07, 6.45) is 7.01. The van der Waals surface area contributed by atoms with Crippen LogP contribution >= 0.6 is 0 Å². The van der Waals surface area contributed by atoms with E-state index in [1.807, 2.05) is 29.4 Å². The average Bonchev–Trinajstić information content (AvgIpc) is 3.22. The van der Waals surface area contributed by atoms with Crippen LogP contribution in [0.3, 0.4) is 0 Å². The number of amides is 3. The van der Waals surface area contributed by atoms with Crippen LogP contribution in [0.25, 0.3) is 0 Å². The minimum Gasteiger partial charge on any atom is -0.466 e. The predicted molar refractivity (Wildman–Crippen MR) is 119 cm³/mol. The number of piperidine rings is 1. The van der Waals surface area contributed by atoms with Gasteiger partial charge in [0.25, 0.3) is 0 Å². The van der Waals surface area contributed by atoms with Crippen LogP contribution in [0.2, 0.25) is 0 Å². The Hall–Kier alpha value is -2.84. The molecule has 4 rings (SSSR count). The van der Waals surface area contributed by atoms with Gasteiger partial charge in [-0.2, -0.15) is 0 Å². The van der Waals surface area contributed by atoms with Gasteiger partial charge in [0.15, 0.2) is 0 Å². The lowest BCUT2D eigenvalue weighted by atomic mass is 9.77. The number of pyridine rings is 1. The number of aromatic nitrogens is 1. The van der Waals surface area contributed by atoms with Gasteiger partial charge in [-0.1, -0.05) is 0 Å². The van der Waals surface area contributed by atoms with E-state index in [2.05, 4.69) is 9.88 Å². The highest BCUT2D eigenvalue weighted by Crippen LogP contribution is 2.41. The zero-order valence-electron chi connectivity index (χ0n) is 18.9. The standard InChI is InChI=1S/C23H33N5O4/c1-2-32-21(30)5-11-26-15-16-27(17-20(26)29)22(31)28-14-8-23(18-28)6-12-25(13-7-23)19-3-9-24-10-4-19/h3-4,9-10H,2,5-8,11-18H2,1H3. The van der Waals surface area contributed by atoms with Crippen molar-refractivity contribution in [1.82, 2.24) is 19.7 Å². The molecule has 0 aliphatic carbocycles. The summed E-state index contributed by atoms with van der Waals surface area (Å²) in [6.45, 7) is 7.01. The molecule has 0 N–H and O–H groups in total. The smallest absolute Gasteiger partial charge is 0.320 e. The Morgan fingerprint density at radius 1 is 1.03 bits per heavy atom. The molecule has 174 valence electrons. The second-order valence-corrected chi connectivity index (χ2v) is 9.00. The van der Waals surface area contributed by atoms with Gasteiger partial charge >= 0.3 is 12.0 Å². The van der Waals surface area contributed by atoms with E-state index in [1.165, 1.54) is 5.69 Å². The molecule has 3 saturated heterocycles. The van der Waals surface area contributed by atoms with Crippen molar-refractivity contribution in [3.05, 3.63) is 24.5 Å². The van der Waals surface area contributed by atoms with Crippen LogP contribution in [0.4, 0.5) is 10.5 Å². The van der Waals surface area contributed by atoms with Crippen molar-refractivity contribution in [2.75, 3.05) is 63.9 Å². The van der Waals surface area contributed by atoms with Crippen LogP contribution in [0.15, 0.2) is 24.5 Å². The topological polar surface area (TPSA) is 86.3 Å². The summed E-state index contributed by atoms with van der Waals surface area (Å²) in [5.41, 5.74) is 1.39. The third-order valence-electron chi connectivity index (χ3n) is 7.04. The van der Waals surface area contributed by atoms with Gasteiger partial charge in [0, 0.05) is 63.9 Å². The molecule has 3 aliphatic rings. The summed E-state index contributed by atoms with van der Waals surface area (Å²) >= 11 is 0. The number of urea groups is 1. The van der Waals surface area contributed by atoms with Crippen molar-refractivity contribution in [3.63, 3.8) is 0 Å². The third kappa shape index (κ3) is 4.97. The lowest BCUT2D eigenvalue weighted by molar-refractivity contribution is -0.144. The lowest BCUT2D eigenvalue weighted by Crippen LogP contribution is -2.55. The molecular weight excluding hydrogens is 410 g/mol. The zero-order valence-corrected chi connectivity index (χ0v) is 18.9. The molecule has 0 atom stereocenters. The molecule has 0 bridgehead atoms. The monoisotopic (exact) mass is 443 g/mol. The molecule has 1 spiro atoms. The van der Waals surface area contributed by atoms with Crippen LogP contribution in [0, 0.1) is 5.41 Å². The molecule has 9 nitrogen and oxygen atoms in total. The molecule has 3 fully saturated rings. The Kier molecular flexibility index (Phi) is 6.81. The molecule has 1 aromatic rings. The molecule has 0 aromatic carbocycles. The van der Waals surface area contributed by atoms with Crippen molar-refractivity contribution < 1.29 is 19.1 Å². The third-order valence-corrected chi connectivity index (χ3v) is 7.04. The molecule has 32 heavy (non-hydrogen) atoms. The SMILES string of the molecule is CCOC(=O)CCN1CCN(C(=O)N2CCC3(CCN(c4ccncc4)CC3)C2)CC1=O. The molecule has 9 heteroatoms. The normalized spacial score (nSPS) is 20.7. The minimum absolute atomic E-state index is 0.0307. The number of likely N-dealkylation sites (tertiary alicyclic amines) is 1. The van der Waals surface area contributed by atoms with E-state index in [1.54, 1.807) is 16.7 Å².